The van der Waals surface area contributed by atoms with Crippen molar-refractivity contribution in [3.63, 3.8) is 0 Å². The molecule has 0 fully saturated rings. The summed E-state index contributed by atoms with van der Waals surface area (Å²) in [5, 5.41) is 0. The molecule has 0 amide bonds. The summed E-state index contributed by atoms with van der Waals surface area (Å²) >= 11 is 0. The van der Waals surface area contributed by atoms with Crippen LogP contribution in [0.2, 0.25) is 0 Å². The molecule has 1 aromatic rings. The predicted octanol–water partition coefficient (Wildman–Crippen LogP) is 3.90. The first-order chi connectivity index (χ1) is 8.49. The van der Waals surface area contributed by atoms with E-state index >= 15 is 0 Å². The second-order valence-electron chi connectivity index (χ2n) is 6.05. The molecule has 102 valence electrons. The molecular weight excluding hydrogens is 224 g/mol. The van der Waals surface area contributed by atoms with Gasteiger partial charge in [0.1, 0.15) is 0 Å². The van der Waals surface area contributed by atoms with Crippen LogP contribution >= 0.6 is 0 Å². The second kappa shape index (κ2) is 7.55. The average Bonchev–Trinajstić information content (AvgIpc) is 2.29. The Morgan fingerprint density at radius 3 is 2.22 bits per heavy atom. The summed E-state index contributed by atoms with van der Waals surface area (Å²) < 4.78 is 11.4. The van der Waals surface area contributed by atoms with Crippen LogP contribution < -0.4 is 0 Å². The number of hydrogen-bond acceptors (Lipinski definition) is 2. The maximum atomic E-state index is 5.76. The molecule has 0 N–H and O–H groups in total. The second-order valence-corrected chi connectivity index (χ2v) is 6.05. The maximum absolute atomic E-state index is 5.76. The Kier molecular flexibility index (Phi) is 6.37. The van der Waals surface area contributed by atoms with Gasteiger partial charge in [-0.2, -0.15) is 0 Å². The SMILES string of the molecule is CC(C)COCC(C)(C)COCc1ccccc1. The van der Waals surface area contributed by atoms with Gasteiger partial charge >= 0.3 is 0 Å². The zero-order valence-corrected chi connectivity index (χ0v) is 12.1. The lowest BCUT2D eigenvalue weighted by Crippen LogP contribution is -2.26. The summed E-state index contributed by atoms with van der Waals surface area (Å²) in [5.41, 5.74) is 1.29. The van der Waals surface area contributed by atoms with Crippen LogP contribution in [-0.2, 0) is 16.1 Å². The highest BCUT2D eigenvalue weighted by molar-refractivity contribution is 5.13. The molecule has 0 unspecified atom stereocenters. The van der Waals surface area contributed by atoms with Gasteiger partial charge < -0.3 is 9.47 Å². The zero-order valence-electron chi connectivity index (χ0n) is 12.1. The highest BCUT2D eigenvalue weighted by atomic mass is 16.5. The van der Waals surface area contributed by atoms with Crippen molar-refractivity contribution in [2.45, 2.75) is 34.3 Å². The van der Waals surface area contributed by atoms with E-state index in [-0.39, 0.29) is 5.41 Å². The molecule has 0 saturated carbocycles. The fourth-order valence-electron chi connectivity index (χ4n) is 1.63. The third-order valence-corrected chi connectivity index (χ3v) is 2.55. The first-order valence-corrected chi connectivity index (χ1v) is 6.69. The lowest BCUT2D eigenvalue weighted by Gasteiger charge is -2.24. The first-order valence-electron chi connectivity index (χ1n) is 6.69. The van der Waals surface area contributed by atoms with Crippen molar-refractivity contribution in [3.05, 3.63) is 35.9 Å². The van der Waals surface area contributed by atoms with Gasteiger partial charge in [-0.3, -0.25) is 0 Å². The van der Waals surface area contributed by atoms with E-state index in [0.29, 0.717) is 12.5 Å². The third kappa shape index (κ3) is 6.77. The predicted molar refractivity (Wildman–Crippen MR) is 75.5 cm³/mol. The molecule has 0 bridgehead atoms. The third-order valence-electron chi connectivity index (χ3n) is 2.55. The van der Waals surface area contributed by atoms with Gasteiger partial charge in [-0.05, 0) is 11.5 Å². The van der Waals surface area contributed by atoms with Crippen molar-refractivity contribution >= 4 is 0 Å². The van der Waals surface area contributed by atoms with Crippen molar-refractivity contribution in [1.82, 2.24) is 0 Å². The maximum Gasteiger partial charge on any atom is 0.0717 e. The average molecular weight is 250 g/mol. The molecule has 0 atom stereocenters. The minimum absolute atomic E-state index is 0.0731. The van der Waals surface area contributed by atoms with Crippen molar-refractivity contribution in [2.24, 2.45) is 11.3 Å². The van der Waals surface area contributed by atoms with E-state index in [9.17, 15) is 0 Å². The highest BCUT2D eigenvalue weighted by Gasteiger charge is 2.18. The lowest BCUT2D eigenvalue weighted by atomic mass is 9.96. The number of hydrogen-bond donors (Lipinski definition) is 0. The molecule has 0 spiro atoms. The van der Waals surface area contributed by atoms with Gasteiger partial charge in [0.05, 0.1) is 19.8 Å². The van der Waals surface area contributed by atoms with Crippen LogP contribution in [0.25, 0.3) is 0 Å². The fourth-order valence-corrected chi connectivity index (χ4v) is 1.63. The summed E-state index contributed by atoms with van der Waals surface area (Å²) in [7, 11) is 0. The molecule has 0 aliphatic carbocycles. The Balaban J connectivity index is 2.20. The van der Waals surface area contributed by atoms with Gasteiger partial charge in [-0.25, -0.2) is 0 Å². The minimum Gasteiger partial charge on any atom is -0.381 e. The van der Waals surface area contributed by atoms with Gasteiger partial charge in [-0.1, -0.05) is 58.0 Å². The molecule has 0 aliphatic heterocycles. The summed E-state index contributed by atoms with van der Waals surface area (Å²) in [6, 6.07) is 10.3. The first kappa shape index (κ1) is 15.2. The molecule has 0 heterocycles. The van der Waals surface area contributed by atoms with Crippen LogP contribution in [0.1, 0.15) is 33.3 Å². The van der Waals surface area contributed by atoms with E-state index in [1.807, 2.05) is 18.2 Å². The highest BCUT2D eigenvalue weighted by Crippen LogP contribution is 2.17. The quantitative estimate of drug-likeness (QED) is 0.696. The van der Waals surface area contributed by atoms with Crippen molar-refractivity contribution in [1.29, 1.82) is 0 Å². The van der Waals surface area contributed by atoms with Crippen LogP contribution in [-0.4, -0.2) is 19.8 Å². The van der Waals surface area contributed by atoms with Crippen LogP contribution in [0.4, 0.5) is 0 Å². The number of rotatable bonds is 8. The Morgan fingerprint density at radius 2 is 1.61 bits per heavy atom. The molecule has 2 nitrogen and oxygen atoms in total. The normalized spacial score (nSPS) is 12.1. The molecule has 0 aromatic heterocycles. The largest absolute Gasteiger partial charge is 0.381 e. The molecular formula is C16H26O2. The van der Waals surface area contributed by atoms with Gasteiger partial charge in [0.15, 0.2) is 0 Å². The van der Waals surface area contributed by atoms with Crippen LogP contribution in [0, 0.1) is 11.3 Å². The molecule has 0 saturated heterocycles. The Labute approximate surface area is 111 Å². The zero-order chi connectivity index (χ0) is 13.4. The van der Waals surface area contributed by atoms with Crippen molar-refractivity contribution in [3.8, 4) is 0 Å². The van der Waals surface area contributed by atoms with Crippen molar-refractivity contribution in [2.75, 3.05) is 19.8 Å². The van der Waals surface area contributed by atoms with Gasteiger partial charge in [0, 0.05) is 12.0 Å². The number of benzene rings is 1. The Morgan fingerprint density at radius 1 is 1.00 bits per heavy atom. The van der Waals surface area contributed by atoms with Crippen LogP contribution in [0.15, 0.2) is 30.3 Å². The summed E-state index contributed by atoms with van der Waals surface area (Å²) in [4.78, 5) is 0. The number of ether oxygens (including phenoxy) is 2. The van der Waals surface area contributed by atoms with Crippen molar-refractivity contribution < 1.29 is 9.47 Å². The summed E-state index contributed by atoms with van der Waals surface area (Å²) in [6.45, 7) is 11.7. The monoisotopic (exact) mass is 250 g/mol. The molecule has 0 aliphatic rings. The van der Waals surface area contributed by atoms with Crippen LogP contribution in [0.5, 0.6) is 0 Å². The summed E-state index contributed by atoms with van der Waals surface area (Å²) in [6.07, 6.45) is 0. The Bertz CT molecular complexity index is 317. The molecule has 1 aromatic carbocycles. The molecule has 1 rings (SSSR count). The smallest absolute Gasteiger partial charge is 0.0717 e. The van der Waals surface area contributed by atoms with E-state index < -0.39 is 0 Å². The fraction of sp³-hybridized carbons (Fsp3) is 0.625. The lowest BCUT2D eigenvalue weighted by molar-refractivity contribution is -0.0151. The minimum atomic E-state index is 0.0731. The molecule has 2 heteroatoms. The van der Waals surface area contributed by atoms with E-state index in [1.54, 1.807) is 0 Å². The molecule has 0 radical (unpaired) electrons. The van der Waals surface area contributed by atoms with Crippen LogP contribution in [0.3, 0.4) is 0 Å². The van der Waals surface area contributed by atoms with E-state index in [0.717, 1.165) is 19.8 Å². The Hall–Kier alpha value is -0.860. The molecule has 18 heavy (non-hydrogen) atoms. The van der Waals surface area contributed by atoms with E-state index in [1.165, 1.54) is 5.56 Å². The standard InChI is InChI=1S/C16H26O2/c1-14(2)10-17-12-16(3,4)13-18-11-15-8-6-5-7-9-15/h5-9,14H,10-13H2,1-4H3. The van der Waals surface area contributed by atoms with Gasteiger partial charge in [0.2, 0.25) is 0 Å². The summed E-state index contributed by atoms with van der Waals surface area (Å²) in [5.74, 6) is 0.589. The van der Waals surface area contributed by atoms with E-state index in [2.05, 4.69) is 39.8 Å². The van der Waals surface area contributed by atoms with E-state index in [4.69, 9.17) is 9.47 Å². The van der Waals surface area contributed by atoms with Gasteiger partial charge in [0.25, 0.3) is 0 Å². The van der Waals surface area contributed by atoms with Gasteiger partial charge in [-0.15, -0.1) is 0 Å². The topological polar surface area (TPSA) is 18.5 Å².